The summed E-state index contributed by atoms with van der Waals surface area (Å²) in [5.41, 5.74) is 0.952. The number of likely N-dealkylation sites (tertiary alicyclic amines) is 1. The van der Waals surface area contributed by atoms with Crippen molar-refractivity contribution in [3.05, 3.63) is 17.6 Å². The van der Waals surface area contributed by atoms with Gasteiger partial charge in [-0.25, -0.2) is 9.97 Å². The quantitative estimate of drug-likeness (QED) is 0.872. The van der Waals surface area contributed by atoms with Crippen molar-refractivity contribution in [1.29, 1.82) is 0 Å². The predicted molar refractivity (Wildman–Crippen MR) is 68.3 cm³/mol. The molecule has 2 fully saturated rings. The third-order valence-electron chi connectivity index (χ3n) is 3.46. The number of carbonyl (C=O) groups excluding carboxylic acids is 1. The Morgan fingerprint density at radius 1 is 1.33 bits per heavy atom. The van der Waals surface area contributed by atoms with Gasteiger partial charge in [-0.1, -0.05) is 0 Å². The van der Waals surface area contributed by atoms with E-state index in [2.05, 4.69) is 15.3 Å². The molecule has 2 aliphatic rings. The maximum atomic E-state index is 11.8. The monoisotopic (exact) mass is 246 g/mol. The number of amides is 1. The summed E-state index contributed by atoms with van der Waals surface area (Å²) in [7, 11) is 0. The van der Waals surface area contributed by atoms with Crippen molar-refractivity contribution >= 4 is 11.7 Å². The van der Waals surface area contributed by atoms with Gasteiger partial charge in [0.25, 0.3) is 0 Å². The minimum atomic E-state index is 0.187. The molecule has 3 rings (SSSR count). The smallest absolute Gasteiger partial charge is 0.225 e. The molecular weight excluding hydrogens is 228 g/mol. The highest BCUT2D eigenvalue weighted by molar-refractivity contribution is 5.80. The highest BCUT2D eigenvalue weighted by Crippen LogP contribution is 2.31. The second-order valence-electron chi connectivity index (χ2n) is 5.26. The first-order chi connectivity index (χ1) is 8.61. The Labute approximate surface area is 107 Å². The van der Waals surface area contributed by atoms with E-state index in [-0.39, 0.29) is 11.9 Å². The molecule has 18 heavy (non-hydrogen) atoms. The summed E-state index contributed by atoms with van der Waals surface area (Å²) in [6, 6.07) is 2.63. The molecule has 1 saturated heterocycles. The van der Waals surface area contributed by atoms with E-state index in [4.69, 9.17) is 0 Å². The maximum absolute atomic E-state index is 11.8. The summed E-state index contributed by atoms with van der Waals surface area (Å²) in [5.74, 6) is 1.87. The third-order valence-corrected chi connectivity index (χ3v) is 3.46. The first-order valence-corrected chi connectivity index (χ1v) is 6.50. The molecule has 1 atom stereocenters. The fraction of sp³-hybridized carbons (Fsp3) is 0.615. The van der Waals surface area contributed by atoms with Crippen LogP contribution in [0.3, 0.4) is 0 Å². The van der Waals surface area contributed by atoms with Gasteiger partial charge in [0.1, 0.15) is 11.6 Å². The molecule has 1 aromatic rings. The molecule has 96 valence electrons. The second-order valence-corrected chi connectivity index (χ2v) is 5.26. The number of anilines is 1. The lowest BCUT2D eigenvalue weighted by molar-refractivity contribution is -0.128. The number of nitrogens with zero attached hydrogens (tertiary/aromatic N) is 3. The average molecular weight is 246 g/mol. The SMILES string of the molecule is Cc1cc(NC2CC(=O)N(C3CC3)C2)nc(C)n1. The van der Waals surface area contributed by atoms with Gasteiger partial charge in [-0.3, -0.25) is 4.79 Å². The van der Waals surface area contributed by atoms with Crippen LogP contribution in [0.15, 0.2) is 6.07 Å². The molecule has 0 aromatic carbocycles. The van der Waals surface area contributed by atoms with Crippen molar-refractivity contribution in [2.75, 3.05) is 11.9 Å². The molecule has 2 heterocycles. The zero-order chi connectivity index (χ0) is 12.7. The number of carbonyl (C=O) groups is 1. The maximum Gasteiger partial charge on any atom is 0.225 e. The van der Waals surface area contributed by atoms with E-state index in [1.54, 1.807) is 0 Å². The Hall–Kier alpha value is -1.65. The molecule has 0 radical (unpaired) electrons. The first-order valence-electron chi connectivity index (χ1n) is 6.50. The lowest BCUT2D eigenvalue weighted by atomic mass is 10.2. The lowest BCUT2D eigenvalue weighted by Gasteiger charge is -2.16. The Morgan fingerprint density at radius 3 is 2.78 bits per heavy atom. The molecule has 5 nitrogen and oxygen atoms in total. The van der Waals surface area contributed by atoms with Crippen molar-refractivity contribution < 1.29 is 4.79 Å². The summed E-state index contributed by atoms with van der Waals surface area (Å²) in [6.45, 7) is 4.65. The summed E-state index contributed by atoms with van der Waals surface area (Å²) >= 11 is 0. The standard InChI is InChI=1S/C13H18N4O/c1-8-5-12(15-9(2)14-8)16-10-6-13(18)17(7-10)11-3-4-11/h5,10-11H,3-4,6-7H2,1-2H3,(H,14,15,16). The van der Waals surface area contributed by atoms with Crippen LogP contribution in [0, 0.1) is 13.8 Å². The molecule has 0 bridgehead atoms. The summed E-state index contributed by atoms with van der Waals surface area (Å²) < 4.78 is 0. The zero-order valence-electron chi connectivity index (χ0n) is 10.8. The molecule has 5 heteroatoms. The van der Waals surface area contributed by atoms with Crippen LogP contribution in [0.1, 0.15) is 30.8 Å². The van der Waals surface area contributed by atoms with Crippen LogP contribution < -0.4 is 5.32 Å². The van der Waals surface area contributed by atoms with E-state index < -0.39 is 0 Å². The zero-order valence-corrected chi connectivity index (χ0v) is 10.8. The van der Waals surface area contributed by atoms with E-state index in [1.165, 1.54) is 12.8 Å². The van der Waals surface area contributed by atoms with Gasteiger partial charge in [0.05, 0.1) is 6.04 Å². The Bertz CT molecular complexity index is 464. The molecular formula is C13H18N4O. The van der Waals surface area contributed by atoms with Crippen molar-refractivity contribution in [3.63, 3.8) is 0 Å². The van der Waals surface area contributed by atoms with Crippen LogP contribution in [0.4, 0.5) is 5.82 Å². The van der Waals surface area contributed by atoms with Crippen LogP contribution >= 0.6 is 0 Å². The van der Waals surface area contributed by atoms with Gasteiger partial charge in [-0.15, -0.1) is 0 Å². The van der Waals surface area contributed by atoms with Crippen molar-refractivity contribution in [3.8, 4) is 0 Å². The average Bonchev–Trinajstić information content (AvgIpc) is 3.02. The molecule has 0 spiro atoms. The number of hydrogen-bond donors (Lipinski definition) is 1. The molecule has 1 aliphatic carbocycles. The number of nitrogens with one attached hydrogen (secondary N) is 1. The summed E-state index contributed by atoms with van der Waals surface area (Å²) in [6.07, 6.45) is 2.92. The fourth-order valence-electron chi connectivity index (χ4n) is 2.57. The molecule has 1 amide bonds. The Morgan fingerprint density at radius 2 is 2.11 bits per heavy atom. The van der Waals surface area contributed by atoms with Crippen LogP contribution in [0.5, 0.6) is 0 Å². The van der Waals surface area contributed by atoms with Gasteiger partial charge in [-0.05, 0) is 26.7 Å². The minimum absolute atomic E-state index is 0.187. The highest BCUT2D eigenvalue weighted by Gasteiger charge is 2.39. The molecule has 1 saturated carbocycles. The fourth-order valence-corrected chi connectivity index (χ4v) is 2.57. The van der Waals surface area contributed by atoms with Crippen LogP contribution in [0.2, 0.25) is 0 Å². The second kappa shape index (κ2) is 4.23. The van der Waals surface area contributed by atoms with Gasteiger partial charge < -0.3 is 10.2 Å². The normalized spacial score (nSPS) is 23.6. The number of aromatic nitrogens is 2. The van der Waals surface area contributed by atoms with Crippen LogP contribution in [-0.2, 0) is 4.79 Å². The topological polar surface area (TPSA) is 58.1 Å². The van der Waals surface area contributed by atoms with Crippen molar-refractivity contribution in [2.45, 2.75) is 45.2 Å². The number of hydrogen-bond acceptors (Lipinski definition) is 4. The summed E-state index contributed by atoms with van der Waals surface area (Å²) in [5, 5.41) is 3.35. The molecule has 1 unspecified atom stereocenters. The predicted octanol–water partition coefficient (Wildman–Crippen LogP) is 1.27. The highest BCUT2D eigenvalue weighted by atomic mass is 16.2. The number of rotatable bonds is 3. The van der Waals surface area contributed by atoms with Crippen molar-refractivity contribution in [1.82, 2.24) is 14.9 Å². The van der Waals surface area contributed by atoms with Gasteiger partial charge in [0.2, 0.25) is 5.91 Å². The van der Waals surface area contributed by atoms with Crippen LogP contribution in [0.25, 0.3) is 0 Å². The van der Waals surface area contributed by atoms with Gasteiger partial charge in [0, 0.05) is 30.8 Å². The molecule has 1 aliphatic heterocycles. The van der Waals surface area contributed by atoms with Gasteiger partial charge in [-0.2, -0.15) is 0 Å². The van der Waals surface area contributed by atoms with E-state index >= 15 is 0 Å². The van der Waals surface area contributed by atoms with E-state index in [1.807, 2.05) is 24.8 Å². The largest absolute Gasteiger partial charge is 0.365 e. The number of aryl methyl sites for hydroxylation is 2. The van der Waals surface area contributed by atoms with Gasteiger partial charge >= 0.3 is 0 Å². The van der Waals surface area contributed by atoms with Crippen molar-refractivity contribution in [2.24, 2.45) is 0 Å². The lowest BCUT2D eigenvalue weighted by Crippen LogP contribution is -2.30. The van der Waals surface area contributed by atoms with E-state index in [9.17, 15) is 4.79 Å². The Balaban J connectivity index is 1.68. The molecule has 1 N–H and O–H groups in total. The van der Waals surface area contributed by atoms with E-state index in [0.29, 0.717) is 12.5 Å². The third kappa shape index (κ3) is 2.30. The minimum Gasteiger partial charge on any atom is -0.365 e. The Kier molecular flexibility index (Phi) is 2.69. The summed E-state index contributed by atoms with van der Waals surface area (Å²) in [4.78, 5) is 22.5. The van der Waals surface area contributed by atoms with E-state index in [0.717, 1.165) is 23.9 Å². The first kappa shape index (κ1) is 11.4. The molecule has 1 aromatic heterocycles. The van der Waals surface area contributed by atoms with Crippen LogP contribution in [-0.4, -0.2) is 39.4 Å². The van der Waals surface area contributed by atoms with Gasteiger partial charge in [0.15, 0.2) is 0 Å².